The summed E-state index contributed by atoms with van der Waals surface area (Å²) in [5.74, 6) is -0.762. The predicted octanol–water partition coefficient (Wildman–Crippen LogP) is -0.0308. The topological polar surface area (TPSA) is 213 Å². The maximum absolute atomic E-state index is 12.7. The zero-order valence-electron chi connectivity index (χ0n) is 24.9. The maximum atomic E-state index is 12.7. The highest BCUT2D eigenvalue weighted by atomic mass is 16.7. The van der Waals surface area contributed by atoms with E-state index in [1.165, 1.54) is 30.2 Å². The van der Waals surface area contributed by atoms with Crippen LogP contribution in [0.1, 0.15) is 44.1 Å². The number of likely N-dealkylation sites (N-methyl/N-ethyl adjacent to an activating group) is 1. The molecule has 1 fully saturated rings. The fraction of sp³-hybridized carbons (Fsp3) is 0.552. The molecule has 1 aromatic rings. The predicted molar refractivity (Wildman–Crippen MR) is 156 cm³/mol. The van der Waals surface area contributed by atoms with Crippen molar-refractivity contribution >= 4 is 35.8 Å². The number of aliphatic hydroxyl groups excluding tert-OH is 3. The van der Waals surface area contributed by atoms with Gasteiger partial charge in [0.25, 0.3) is 0 Å². The summed E-state index contributed by atoms with van der Waals surface area (Å²) in [6.07, 6.45) is -0.242. The fourth-order valence-electron chi connectivity index (χ4n) is 4.16. The summed E-state index contributed by atoms with van der Waals surface area (Å²) in [5.41, 5.74) is 0.750. The number of amides is 4. The molecule has 4 atom stereocenters. The van der Waals surface area contributed by atoms with Crippen molar-refractivity contribution in [2.45, 2.75) is 69.7 Å². The van der Waals surface area contributed by atoms with E-state index < -0.39 is 43.2 Å². The molecule has 4 amide bonds. The third-order valence-corrected chi connectivity index (χ3v) is 6.63. The van der Waals surface area contributed by atoms with Crippen LogP contribution in [0.2, 0.25) is 0 Å². The second-order valence-corrected chi connectivity index (χ2v) is 10.1. The van der Waals surface area contributed by atoms with Gasteiger partial charge >= 0.3 is 6.09 Å². The largest absolute Gasteiger partial charge is 0.463 e. The van der Waals surface area contributed by atoms with Crippen molar-refractivity contribution in [3.05, 3.63) is 35.9 Å². The van der Waals surface area contributed by atoms with E-state index in [0.717, 1.165) is 6.08 Å². The number of aliphatic hydroxyl groups is 3. The quantitative estimate of drug-likeness (QED) is 0.0771. The van der Waals surface area contributed by atoms with Gasteiger partial charge < -0.3 is 50.4 Å². The van der Waals surface area contributed by atoms with Crippen LogP contribution in [0.15, 0.2) is 30.4 Å². The molecule has 244 valence electrons. The van der Waals surface area contributed by atoms with Crippen LogP contribution in [0.25, 0.3) is 0 Å². The van der Waals surface area contributed by atoms with Crippen molar-refractivity contribution in [3.8, 4) is 5.75 Å². The Balaban J connectivity index is 1.87. The Morgan fingerprint density at radius 1 is 1.11 bits per heavy atom. The summed E-state index contributed by atoms with van der Waals surface area (Å²) in [4.78, 5) is 59.9. The molecule has 4 unspecified atom stereocenters. The molecule has 2 rings (SSSR count). The van der Waals surface area contributed by atoms with Crippen LogP contribution in [0, 0.1) is 0 Å². The Morgan fingerprint density at radius 3 is 2.59 bits per heavy atom. The third-order valence-electron chi connectivity index (χ3n) is 6.63. The standard InChI is InChI=1S/C29H42N4O11/c1-30-29(41)42-18-19-9-10-22(43-27-16-21(36)28(40)23(17-35)44-27)20(15-19)32-25(38)11-12-31-24(37)7-4-3-5-13-33(2)26(39)8-6-14-34/h6,8-10,14-15,21,23,27-28,35-36,40H,3-5,7,11-13,16-18H2,1-2H3,(H,30,41)(H,31,37)(H,32,38)/b8-6-. The molecular weight excluding hydrogens is 580 g/mol. The lowest BCUT2D eigenvalue weighted by molar-refractivity contribution is -0.229. The van der Waals surface area contributed by atoms with Gasteiger partial charge in [-0.25, -0.2) is 4.79 Å². The van der Waals surface area contributed by atoms with Gasteiger partial charge in [0.1, 0.15) is 30.9 Å². The molecule has 1 heterocycles. The SMILES string of the molecule is CNC(=O)OCc1ccc(OC2CC(O)C(O)C(CO)O2)c(NC(=O)CCNC(=O)CCCCCN(C)C(=O)/C=C\C=O)c1. The average Bonchev–Trinajstić information content (AvgIpc) is 3.00. The normalized spacial score (nSPS) is 19.6. The number of ether oxygens (including phenoxy) is 3. The van der Waals surface area contributed by atoms with Gasteiger partial charge in [0.2, 0.25) is 24.0 Å². The molecule has 15 nitrogen and oxygen atoms in total. The van der Waals surface area contributed by atoms with Gasteiger partial charge in [0, 0.05) is 52.5 Å². The number of nitrogens with one attached hydrogen (secondary N) is 3. The number of allylic oxidation sites excluding steroid dienone is 1. The van der Waals surface area contributed by atoms with Gasteiger partial charge in [-0.1, -0.05) is 12.5 Å². The van der Waals surface area contributed by atoms with E-state index in [0.29, 0.717) is 37.7 Å². The molecule has 0 radical (unpaired) electrons. The minimum Gasteiger partial charge on any atom is -0.463 e. The number of hydrogen-bond donors (Lipinski definition) is 6. The first-order valence-corrected chi connectivity index (χ1v) is 14.3. The van der Waals surface area contributed by atoms with E-state index in [2.05, 4.69) is 16.0 Å². The molecule has 0 bridgehead atoms. The Labute approximate surface area is 255 Å². The number of unbranched alkanes of at least 4 members (excludes halogenated alkanes) is 2. The highest BCUT2D eigenvalue weighted by Crippen LogP contribution is 2.30. The van der Waals surface area contributed by atoms with Gasteiger partial charge in [0.05, 0.1) is 18.4 Å². The van der Waals surface area contributed by atoms with Gasteiger partial charge in [-0.2, -0.15) is 0 Å². The van der Waals surface area contributed by atoms with Crippen molar-refractivity contribution < 1.29 is 53.5 Å². The van der Waals surface area contributed by atoms with Crippen LogP contribution in [-0.2, 0) is 35.3 Å². The van der Waals surface area contributed by atoms with Crippen LogP contribution in [0.4, 0.5) is 10.5 Å². The number of carbonyl (C=O) groups excluding carboxylic acids is 5. The summed E-state index contributed by atoms with van der Waals surface area (Å²) in [7, 11) is 3.05. The number of benzene rings is 1. The number of rotatable bonds is 17. The van der Waals surface area contributed by atoms with E-state index in [1.54, 1.807) is 13.1 Å². The lowest BCUT2D eigenvalue weighted by Crippen LogP contribution is -2.51. The molecule has 1 aliphatic heterocycles. The fourth-order valence-corrected chi connectivity index (χ4v) is 4.16. The summed E-state index contributed by atoms with van der Waals surface area (Å²) < 4.78 is 16.4. The van der Waals surface area contributed by atoms with E-state index in [9.17, 15) is 39.3 Å². The molecular formula is C29H42N4O11. The molecule has 0 aromatic heterocycles. The number of aldehydes is 1. The minimum absolute atomic E-state index is 0.0528. The van der Waals surface area contributed by atoms with E-state index in [-0.39, 0.29) is 55.7 Å². The molecule has 0 saturated carbocycles. The summed E-state index contributed by atoms with van der Waals surface area (Å²) in [6.45, 7) is -0.0659. The second kappa shape index (κ2) is 19.3. The van der Waals surface area contributed by atoms with Crippen LogP contribution >= 0.6 is 0 Å². The molecule has 6 N–H and O–H groups in total. The van der Waals surface area contributed by atoms with Gasteiger partial charge in [0.15, 0.2) is 0 Å². The highest BCUT2D eigenvalue weighted by Gasteiger charge is 2.37. The molecule has 15 heteroatoms. The minimum atomic E-state index is -1.28. The van der Waals surface area contributed by atoms with E-state index in [1.807, 2.05) is 0 Å². The summed E-state index contributed by atoms with van der Waals surface area (Å²) in [5, 5.41) is 37.3. The monoisotopic (exact) mass is 622 g/mol. The first-order valence-electron chi connectivity index (χ1n) is 14.3. The van der Waals surface area contributed by atoms with Crippen LogP contribution < -0.4 is 20.7 Å². The van der Waals surface area contributed by atoms with Crippen molar-refractivity contribution in [1.82, 2.24) is 15.5 Å². The molecule has 44 heavy (non-hydrogen) atoms. The lowest BCUT2D eigenvalue weighted by Gasteiger charge is -2.36. The molecule has 0 spiro atoms. The van der Waals surface area contributed by atoms with Crippen molar-refractivity contribution in [2.75, 3.05) is 39.1 Å². The first kappa shape index (κ1) is 36.1. The average molecular weight is 623 g/mol. The Hall–Kier alpha value is -4.05. The van der Waals surface area contributed by atoms with Crippen molar-refractivity contribution in [1.29, 1.82) is 0 Å². The van der Waals surface area contributed by atoms with Crippen molar-refractivity contribution in [3.63, 3.8) is 0 Å². The highest BCUT2D eigenvalue weighted by molar-refractivity contribution is 5.93. The summed E-state index contributed by atoms with van der Waals surface area (Å²) >= 11 is 0. The molecule has 0 aliphatic carbocycles. The molecule has 1 saturated heterocycles. The first-order chi connectivity index (χ1) is 21.1. The van der Waals surface area contributed by atoms with Crippen LogP contribution in [0.3, 0.4) is 0 Å². The van der Waals surface area contributed by atoms with Gasteiger partial charge in [-0.3, -0.25) is 19.2 Å². The van der Waals surface area contributed by atoms with Crippen LogP contribution in [0.5, 0.6) is 5.75 Å². The van der Waals surface area contributed by atoms with Crippen LogP contribution in [-0.4, -0.2) is 109 Å². The zero-order chi connectivity index (χ0) is 32.5. The second-order valence-electron chi connectivity index (χ2n) is 10.1. The van der Waals surface area contributed by atoms with E-state index in [4.69, 9.17) is 14.2 Å². The molecule has 1 aliphatic rings. The van der Waals surface area contributed by atoms with Crippen molar-refractivity contribution in [2.24, 2.45) is 0 Å². The third kappa shape index (κ3) is 12.7. The molecule has 1 aromatic carbocycles. The zero-order valence-corrected chi connectivity index (χ0v) is 24.9. The Bertz CT molecular complexity index is 1150. The lowest BCUT2D eigenvalue weighted by atomic mass is 10.0. The Kier molecular flexibility index (Phi) is 15.8. The summed E-state index contributed by atoms with van der Waals surface area (Å²) in [6, 6.07) is 4.66. The number of nitrogens with zero attached hydrogens (tertiary/aromatic N) is 1. The number of anilines is 1. The number of carbonyl (C=O) groups is 5. The van der Waals surface area contributed by atoms with E-state index >= 15 is 0 Å². The number of hydrogen-bond acceptors (Lipinski definition) is 11. The number of alkyl carbamates (subject to hydrolysis) is 1. The Morgan fingerprint density at radius 2 is 1.89 bits per heavy atom. The van der Waals surface area contributed by atoms with Gasteiger partial charge in [-0.15, -0.1) is 0 Å². The smallest absolute Gasteiger partial charge is 0.407 e. The van der Waals surface area contributed by atoms with Gasteiger partial charge in [-0.05, 0) is 36.6 Å². The maximum Gasteiger partial charge on any atom is 0.407 e.